The standard InChI is InChI=1S/C24H25ClFN3O6/c1-11-7-27(8-12(2)28(11)10-18-13(3)34-24(33)35-18)21-17(25)6-15-20(19(21)26)29(14-4-5-14)9-16(22(15)30)23(31)32/h6,9,11-12,14H,4-5,7-8,10H2,1-3H3,(H,31,32). The molecule has 5 rings (SSSR count). The van der Waals surface area contributed by atoms with Gasteiger partial charge in [0, 0.05) is 37.4 Å². The number of anilines is 1. The monoisotopic (exact) mass is 505 g/mol. The summed E-state index contributed by atoms with van der Waals surface area (Å²) in [6.45, 7) is 6.90. The fraction of sp³-hybridized carbons (Fsp3) is 0.458. The number of halogens is 2. The fourth-order valence-electron chi connectivity index (χ4n) is 5.05. The highest BCUT2D eigenvalue weighted by Gasteiger charge is 2.35. The Kier molecular flexibility index (Phi) is 5.76. The van der Waals surface area contributed by atoms with Crippen molar-refractivity contribution in [3.8, 4) is 0 Å². The van der Waals surface area contributed by atoms with Crippen LogP contribution in [0.4, 0.5) is 10.1 Å². The zero-order valence-electron chi connectivity index (χ0n) is 19.5. The molecule has 0 bridgehead atoms. The van der Waals surface area contributed by atoms with E-state index in [1.54, 1.807) is 11.5 Å². The second-order valence-electron chi connectivity index (χ2n) is 9.44. The van der Waals surface area contributed by atoms with Crippen LogP contribution in [0.15, 0.2) is 30.7 Å². The van der Waals surface area contributed by atoms with Crippen LogP contribution in [0.1, 0.15) is 54.6 Å². The Labute approximate surface area is 204 Å². The van der Waals surface area contributed by atoms with Crippen molar-refractivity contribution in [2.75, 3.05) is 18.0 Å². The van der Waals surface area contributed by atoms with Gasteiger partial charge >= 0.3 is 11.8 Å². The number of carboxylic acid groups (broad SMARTS) is 1. The van der Waals surface area contributed by atoms with Gasteiger partial charge in [0.1, 0.15) is 11.3 Å². The van der Waals surface area contributed by atoms with Gasteiger partial charge in [-0.3, -0.25) is 9.69 Å². The van der Waals surface area contributed by atoms with E-state index in [1.807, 2.05) is 18.7 Å². The molecule has 1 N–H and O–H groups in total. The smallest absolute Gasteiger partial charge is 0.477 e. The van der Waals surface area contributed by atoms with Crippen LogP contribution < -0.4 is 16.2 Å². The average Bonchev–Trinajstić information content (AvgIpc) is 3.56. The summed E-state index contributed by atoms with van der Waals surface area (Å²) in [5, 5.41) is 9.50. The highest BCUT2D eigenvalue weighted by molar-refractivity contribution is 6.34. The number of aryl methyl sites for hydroxylation is 1. The molecule has 3 heterocycles. The summed E-state index contributed by atoms with van der Waals surface area (Å²) >= 11 is 6.53. The van der Waals surface area contributed by atoms with Gasteiger partial charge in [0.25, 0.3) is 0 Å². The van der Waals surface area contributed by atoms with Gasteiger partial charge in [0.05, 0.1) is 28.2 Å². The first kappa shape index (κ1) is 23.6. The summed E-state index contributed by atoms with van der Waals surface area (Å²) in [4.78, 5) is 39.9. The molecule has 0 spiro atoms. The number of aromatic carboxylic acids is 1. The number of carboxylic acids is 1. The molecule has 186 valence electrons. The Morgan fingerprint density at radius 2 is 1.86 bits per heavy atom. The topological polar surface area (TPSA) is 109 Å². The number of piperazine rings is 1. The van der Waals surface area contributed by atoms with Gasteiger partial charge in [-0.2, -0.15) is 0 Å². The molecule has 1 aliphatic heterocycles. The summed E-state index contributed by atoms with van der Waals surface area (Å²) in [6.07, 6.45) is 2.81. The van der Waals surface area contributed by atoms with E-state index in [-0.39, 0.29) is 39.7 Å². The number of hydrogen-bond donors (Lipinski definition) is 1. The van der Waals surface area contributed by atoms with Crippen LogP contribution >= 0.6 is 11.6 Å². The van der Waals surface area contributed by atoms with Crippen molar-refractivity contribution in [3.05, 3.63) is 61.0 Å². The Balaban J connectivity index is 1.54. The van der Waals surface area contributed by atoms with Crippen molar-refractivity contribution in [3.63, 3.8) is 0 Å². The molecule has 11 heteroatoms. The molecule has 2 aliphatic rings. The molecule has 3 aromatic rings. The maximum Gasteiger partial charge on any atom is 0.519 e. The predicted molar refractivity (Wildman–Crippen MR) is 127 cm³/mol. The molecule has 2 unspecified atom stereocenters. The van der Waals surface area contributed by atoms with Crippen molar-refractivity contribution in [2.45, 2.75) is 58.3 Å². The van der Waals surface area contributed by atoms with Gasteiger partial charge in [-0.25, -0.2) is 14.0 Å². The zero-order chi connectivity index (χ0) is 25.2. The lowest BCUT2D eigenvalue weighted by molar-refractivity contribution is 0.0694. The summed E-state index contributed by atoms with van der Waals surface area (Å²) in [5.41, 5.74) is -0.870. The van der Waals surface area contributed by atoms with Gasteiger partial charge in [-0.05, 0) is 39.7 Å². The number of nitrogens with zero attached hydrogens (tertiary/aromatic N) is 3. The molecule has 2 atom stereocenters. The summed E-state index contributed by atoms with van der Waals surface area (Å²) in [6, 6.07) is 1.23. The van der Waals surface area contributed by atoms with Crippen molar-refractivity contribution >= 4 is 34.2 Å². The van der Waals surface area contributed by atoms with Gasteiger partial charge in [0.2, 0.25) is 5.43 Å². The number of rotatable bonds is 5. The van der Waals surface area contributed by atoms with Crippen LogP contribution in [0.5, 0.6) is 0 Å². The van der Waals surface area contributed by atoms with Gasteiger partial charge in [0.15, 0.2) is 11.6 Å². The van der Waals surface area contributed by atoms with Crippen molar-refractivity contribution in [1.82, 2.24) is 9.47 Å². The second-order valence-corrected chi connectivity index (χ2v) is 9.85. The molecule has 0 radical (unpaired) electrons. The number of hydrogen-bond acceptors (Lipinski definition) is 7. The molecule has 1 saturated carbocycles. The molecule has 1 saturated heterocycles. The Bertz CT molecular complexity index is 1440. The molecule has 0 amide bonds. The lowest BCUT2D eigenvalue weighted by Crippen LogP contribution is -2.56. The van der Waals surface area contributed by atoms with E-state index in [4.69, 9.17) is 20.4 Å². The van der Waals surface area contributed by atoms with Gasteiger partial charge < -0.3 is 23.4 Å². The molecular formula is C24H25ClFN3O6. The minimum Gasteiger partial charge on any atom is -0.477 e. The number of benzene rings is 1. The van der Waals surface area contributed by atoms with Crippen molar-refractivity contribution in [1.29, 1.82) is 0 Å². The van der Waals surface area contributed by atoms with Crippen LogP contribution in [-0.2, 0) is 6.54 Å². The fourth-order valence-corrected chi connectivity index (χ4v) is 5.36. The molecule has 35 heavy (non-hydrogen) atoms. The summed E-state index contributed by atoms with van der Waals surface area (Å²) < 4.78 is 27.8. The minimum atomic E-state index is -1.35. The number of fused-ring (bicyclic) bond motifs is 1. The first-order valence-electron chi connectivity index (χ1n) is 11.5. The van der Waals surface area contributed by atoms with E-state index < -0.39 is 28.6 Å². The zero-order valence-corrected chi connectivity index (χ0v) is 20.3. The Morgan fingerprint density at radius 3 is 2.40 bits per heavy atom. The van der Waals surface area contributed by atoms with Crippen molar-refractivity contribution in [2.24, 2.45) is 0 Å². The first-order chi connectivity index (χ1) is 16.6. The highest BCUT2D eigenvalue weighted by atomic mass is 35.5. The molecule has 1 aliphatic carbocycles. The van der Waals surface area contributed by atoms with E-state index in [9.17, 15) is 19.5 Å². The predicted octanol–water partition coefficient (Wildman–Crippen LogP) is 3.78. The molecule has 2 aromatic heterocycles. The minimum absolute atomic E-state index is 0.0340. The quantitative estimate of drug-likeness (QED) is 0.558. The lowest BCUT2D eigenvalue weighted by Gasteiger charge is -2.45. The van der Waals surface area contributed by atoms with E-state index in [2.05, 4.69) is 4.90 Å². The summed E-state index contributed by atoms with van der Waals surface area (Å²) in [7, 11) is 0. The third-order valence-electron chi connectivity index (χ3n) is 6.93. The van der Waals surface area contributed by atoms with E-state index in [0.29, 0.717) is 31.2 Å². The Hall–Kier alpha value is -3.11. The van der Waals surface area contributed by atoms with E-state index in [1.165, 1.54) is 12.3 Å². The van der Waals surface area contributed by atoms with E-state index in [0.717, 1.165) is 12.8 Å². The van der Waals surface area contributed by atoms with Crippen LogP contribution in [0.2, 0.25) is 5.02 Å². The van der Waals surface area contributed by atoms with Crippen LogP contribution in [0.25, 0.3) is 10.9 Å². The van der Waals surface area contributed by atoms with Crippen molar-refractivity contribution < 1.29 is 23.1 Å². The van der Waals surface area contributed by atoms with Crippen LogP contribution in [0.3, 0.4) is 0 Å². The number of aromatic nitrogens is 1. The normalized spacial score (nSPS) is 21.1. The van der Waals surface area contributed by atoms with Crippen LogP contribution in [0, 0.1) is 12.7 Å². The molecule has 2 fully saturated rings. The van der Waals surface area contributed by atoms with Crippen LogP contribution in [-0.4, -0.2) is 45.7 Å². The second kappa shape index (κ2) is 8.53. The maximum atomic E-state index is 16.1. The van der Waals surface area contributed by atoms with Gasteiger partial charge in [-0.1, -0.05) is 11.6 Å². The number of carbonyl (C=O) groups is 1. The van der Waals surface area contributed by atoms with Gasteiger partial charge in [-0.15, -0.1) is 0 Å². The third kappa shape index (κ3) is 4.04. The maximum absolute atomic E-state index is 16.1. The largest absolute Gasteiger partial charge is 0.519 e. The average molecular weight is 506 g/mol. The summed E-state index contributed by atoms with van der Waals surface area (Å²) in [5.74, 6) is -1.83. The highest BCUT2D eigenvalue weighted by Crippen LogP contribution is 2.41. The molecular weight excluding hydrogens is 481 g/mol. The first-order valence-corrected chi connectivity index (χ1v) is 11.8. The number of pyridine rings is 1. The Morgan fingerprint density at radius 1 is 1.20 bits per heavy atom. The molecule has 9 nitrogen and oxygen atoms in total. The van der Waals surface area contributed by atoms with E-state index >= 15 is 4.39 Å². The third-order valence-corrected chi connectivity index (χ3v) is 7.22. The molecule has 1 aromatic carbocycles. The SMILES string of the molecule is Cc1oc(=O)oc1CN1C(C)CN(c2c(Cl)cc3c(=O)c(C(=O)O)cn(C4CC4)c3c2F)CC1C. The lowest BCUT2D eigenvalue weighted by atomic mass is 10.0.